The molecule has 0 atom stereocenters. The van der Waals surface area contributed by atoms with Crippen molar-refractivity contribution in [2.24, 2.45) is 0 Å². The Morgan fingerprint density at radius 2 is 1.44 bits per heavy atom. The van der Waals surface area contributed by atoms with E-state index >= 15 is 0 Å². The lowest BCUT2D eigenvalue weighted by molar-refractivity contribution is -0.145. The molecule has 5 heteroatoms. The quantitative estimate of drug-likeness (QED) is 0.263. The molecular weight excluding hydrogens is 424 g/mol. The van der Waals surface area contributed by atoms with Gasteiger partial charge in [0, 0.05) is 12.1 Å². The van der Waals surface area contributed by atoms with Crippen LogP contribution in [0.25, 0.3) is 0 Å². The van der Waals surface area contributed by atoms with Gasteiger partial charge in [0.25, 0.3) is 0 Å². The predicted molar refractivity (Wildman–Crippen MR) is 142 cm³/mol. The van der Waals surface area contributed by atoms with Crippen LogP contribution in [0.3, 0.4) is 0 Å². The summed E-state index contributed by atoms with van der Waals surface area (Å²) in [5.41, 5.74) is 4.22. The molecule has 5 nitrogen and oxygen atoms in total. The molecule has 188 valence electrons. The van der Waals surface area contributed by atoms with Crippen LogP contribution in [0.15, 0.2) is 48.5 Å². The Hall–Kier alpha value is -2.66. The topological polar surface area (TPSA) is 58.6 Å². The summed E-state index contributed by atoms with van der Waals surface area (Å²) in [7, 11) is 0. The van der Waals surface area contributed by atoms with E-state index in [1.807, 2.05) is 62.4 Å². The molecule has 2 aromatic carbocycles. The Labute approximate surface area is 206 Å². The first kappa shape index (κ1) is 29.4. The Kier molecular flexibility index (Phi) is 15.3. The van der Waals surface area contributed by atoms with Gasteiger partial charge in [-0.15, -0.1) is 0 Å². The molecule has 1 amide bonds. The van der Waals surface area contributed by atoms with Crippen LogP contribution in [0, 0.1) is 13.8 Å². The lowest BCUT2D eigenvalue weighted by atomic mass is 10.1. The number of carbonyl (C=O) groups excluding carboxylic acids is 2. The Morgan fingerprint density at radius 1 is 0.824 bits per heavy atom. The van der Waals surface area contributed by atoms with Crippen LogP contribution in [-0.2, 0) is 20.9 Å². The SMILES string of the molecule is CCCCCCCC(=O)OCc1ccccc1.CCN(CC)CC(=O)Nc1c(C)cccc1C. The van der Waals surface area contributed by atoms with Crippen molar-refractivity contribution >= 4 is 17.6 Å². The molecule has 0 aliphatic heterocycles. The summed E-state index contributed by atoms with van der Waals surface area (Å²) in [6.45, 7) is 13.0. The number of para-hydroxylation sites is 1. The molecule has 0 aromatic heterocycles. The number of amides is 1. The first-order valence-electron chi connectivity index (χ1n) is 12.7. The van der Waals surface area contributed by atoms with Gasteiger partial charge in [0.1, 0.15) is 6.61 Å². The molecule has 0 aliphatic carbocycles. The van der Waals surface area contributed by atoms with Crippen LogP contribution in [0.4, 0.5) is 5.69 Å². The number of aryl methyl sites for hydroxylation is 2. The maximum absolute atomic E-state index is 11.9. The van der Waals surface area contributed by atoms with Gasteiger partial charge in [0.15, 0.2) is 0 Å². The van der Waals surface area contributed by atoms with Crippen molar-refractivity contribution in [1.29, 1.82) is 0 Å². The van der Waals surface area contributed by atoms with Crippen molar-refractivity contribution in [3.8, 4) is 0 Å². The molecule has 0 fully saturated rings. The number of hydrogen-bond donors (Lipinski definition) is 1. The lowest BCUT2D eigenvalue weighted by Gasteiger charge is -2.18. The van der Waals surface area contributed by atoms with Gasteiger partial charge in [-0.05, 0) is 50.0 Å². The standard InChI is InChI=1S/C15H22O2.C14H22N2O/c1-2-3-4-5-9-12-15(16)17-13-14-10-7-6-8-11-14;1-5-16(6-2)10-13(17)15-14-11(3)8-7-9-12(14)4/h6-8,10-11H,2-5,9,12-13H2,1H3;7-9H,5-6,10H2,1-4H3,(H,15,17). The molecule has 0 bridgehead atoms. The maximum atomic E-state index is 11.9. The summed E-state index contributed by atoms with van der Waals surface area (Å²) in [5, 5.41) is 3.00. The lowest BCUT2D eigenvalue weighted by Crippen LogP contribution is -2.33. The third kappa shape index (κ3) is 12.5. The smallest absolute Gasteiger partial charge is 0.306 e. The highest BCUT2D eigenvalue weighted by atomic mass is 16.5. The molecule has 2 rings (SSSR count). The van der Waals surface area contributed by atoms with Crippen molar-refractivity contribution in [3.63, 3.8) is 0 Å². The number of carbonyl (C=O) groups is 2. The normalized spacial score (nSPS) is 10.4. The summed E-state index contributed by atoms with van der Waals surface area (Å²) in [4.78, 5) is 25.4. The van der Waals surface area contributed by atoms with E-state index in [-0.39, 0.29) is 11.9 Å². The second-order valence-electron chi connectivity index (χ2n) is 8.59. The highest BCUT2D eigenvalue weighted by Crippen LogP contribution is 2.19. The first-order valence-corrected chi connectivity index (χ1v) is 12.7. The molecule has 2 aromatic rings. The zero-order valence-corrected chi connectivity index (χ0v) is 21.9. The van der Waals surface area contributed by atoms with E-state index in [0.717, 1.165) is 48.3 Å². The summed E-state index contributed by atoms with van der Waals surface area (Å²) >= 11 is 0. The van der Waals surface area contributed by atoms with Gasteiger partial charge in [-0.1, -0.05) is 95.0 Å². The minimum atomic E-state index is -0.0784. The molecular formula is C29H44N2O3. The average Bonchev–Trinajstić information content (AvgIpc) is 2.84. The fraction of sp³-hybridized carbons (Fsp3) is 0.517. The van der Waals surface area contributed by atoms with E-state index in [2.05, 4.69) is 31.0 Å². The Bertz CT molecular complexity index is 812. The summed E-state index contributed by atoms with van der Waals surface area (Å²) in [6, 6.07) is 15.8. The van der Waals surface area contributed by atoms with Crippen molar-refractivity contribution in [3.05, 3.63) is 65.2 Å². The molecule has 0 saturated carbocycles. The molecule has 0 radical (unpaired) electrons. The number of benzene rings is 2. The van der Waals surface area contributed by atoms with Crippen LogP contribution >= 0.6 is 0 Å². The van der Waals surface area contributed by atoms with E-state index in [9.17, 15) is 9.59 Å². The number of unbranched alkanes of at least 4 members (excludes halogenated alkanes) is 4. The van der Waals surface area contributed by atoms with E-state index in [0.29, 0.717) is 19.6 Å². The number of nitrogens with one attached hydrogen (secondary N) is 1. The number of nitrogens with zero attached hydrogens (tertiary/aromatic N) is 1. The molecule has 0 saturated heterocycles. The second kappa shape index (κ2) is 17.8. The molecule has 0 heterocycles. The number of ether oxygens (including phenoxy) is 1. The molecule has 1 N–H and O–H groups in total. The fourth-order valence-electron chi connectivity index (χ4n) is 3.52. The van der Waals surface area contributed by atoms with Crippen LogP contribution < -0.4 is 5.32 Å². The van der Waals surface area contributed by atoms with Crippen LogP contribution in [0.1, 0.15) is 76.0 Å². The van der Waals surface area contributed by atoms with Crippen LogP contribution in [-0.4, -0.2) is 36.4 Å². The van der Waals surface area contributed by atoms with Gasteiger partial charge in [0.05, 0.1) is 6.54 Å². The number of anilines is 1. The van der Waals surface area contributed by atoms with Gasteiger partial charge in [0.2, 0.25) is 5.91 Å². The van der Waals surface area contributed by atoms with E-state index in [4.69, 9.17) is 4.74 Å². The zero-order chi connectivity index (χ0) is 25.2. The minimum absolute atomic E-state index is 0.0612. The van der Waals surface area contributed by atoms with E-state index in [1.54, 1.807) is 0 Å². The van der Waals surface area contributed by atoms with Crippen LogP contribution in [0.5, 0.6) is 0 Å². The summed E-state index contributed by atoms with van der Waals surface area (Å²) in [5.74, 6) is -0.0172. The second-order valence-corrected chi connectivity index (χ2v) is 8.59. The zero-order valence-electron chi connectivity index (χ0n) is 21.9. The van der Waals surface area contributed by atoms with Crippen molar-refractivity contribution in [2.45, 2.75) is 79.8 Å². The predicted octanol–water partition coefficient (Wildman–Crippen LogP) is 6.67. The highest BCUT2D eigenvalue weighted by Gasteiger charge is 2.10. The molecule has 34 heavy (non-hydrogen) atoms. The molecule has 0 aliphatic rings. The van der Waals surface area contributed by atoms with Gasteiger partial charge in [-0.25, -0.2) is 0 Å². The number of rotatable bonds is 13. The monoisotopic (exact) mass is 468 g/mol. The van der Waals surface area contributed by atoms with Gasteiger partial charge in [-0.2, -0.15) is 0 Å². The largest absolute Gasteiger partial charge is 0.461 e. The number of esters is 1. The molecule has 0 spiro atoms. The van der Waals surface area contributed by atoms with E-state index in [1.165, 1.54) is 19.3 Å². The average molecular weight is 469 g/mol. The minimum Gasteiger partial charge on any atom is -0.461 e. The number of likely N-dealkylation sites (N-methyl/N-ethyl adjacent to an activating group) is 1. The summed E-state index contributed by atoms with van der Waals surface area (Å²) < 4.78 is 5.20. The van der Waals surface area contributed by atoms with Gasteiger partial charge >= 0.3 is 5.97 Å². The Morgan fingerprint density at radius 3 is 2.03 bits per heavy atom. The highest BCUT2D eigenvalue weighted by molar-refractivity contribution is 5.93. The van der Waals surface area contributed by atoms with Crippen LogP contribution in [0.2, 0.25) is 0 Å². The van der Waals surface area contributed by atoms with Crippen molar-refractivity contribution in [1.82, 2.24) is 4.90 Å². The fourth-order valence-corrected chi connectivity index (χ4v) is 3.52. The van der Waals surface area contributed by atoms with Crippen molar-refractivity contribution in [2.75, 3.05) is 25.0 Å². The summed E-state index contributed by atoms with van der Waals surface area (Å²) in [6.07, 6.45) is 6.36. The Balaban J connectivity index is 0.000000340. The number of hydrogen-bond acceptors (Lipinski definition) is 4. The molecule has 0 unspecified atom stereocenters. The van der Waals surface area contributed by atoms with E-state index < -0.39 is 0 Å². The first-order chi connectivity index (χ1) is 16.4. The van der Waals surface area contributed by atoms with Gasteiger partial charge < -0.3 is 10.1 Å². The van der Waals surface area contributed by atoms with Gasteiger partial charge in [-0.3, -0.25) is 14.5 Å². The van der Waals surface area contributed by atoms with Crippen molar-refractivity contribution < 1.29 is 14.3 Å². The maximum Gasteiger partial charge on any atom is 0.306 e. The third-order valence-electron chi connectivity index (χ3n) is 5.73. The third-order valence-corrected chi connectivity index (χ3v) is 5.73.